The molecule has 0 atom stereocenters. The Balaban J connectivity index is 1.92. The SMILES string of the molecule is CCN(CC)c1ccc(/C=N\NC(=S)Nc2cccc(Cl)c2C)cc1. The molecule has 2 aromatic rings. The van der Waals surface area contributed by atoms with E-state index in [4.69, 9.17) is 23.8 Å². The molecule has 2 aromatic carbocycles. The number of thiocarbonyl (C=S) groups is 1. The standard InChI is InChI=1S/C19H23ClN4S/c1-4-24(5-2)16-11-9-15(10-12-16)13-21-23-19(25)22-18-8-6-7-17(20)14(18)3/h6-13H,4-5H2,1-3H3,(H2,22,23,25)/b21-13-. The number of hydrogen-bond donors (Lipinski definition) is 2. The van der Waals surface area contributed by atoms with Gasteiger partial charge in [-0.2, -0.15) is 5.10 Å². The van der Waals surface area contributed by atoms with Crippen LogP contribution in [0.3, 0.4) is 0 Å². The van der Waals surface area contributed by atoms with Gasteiger partial charge in [-0.3, -0.25) is 5.43 Å². The molecule has 25 heavy (non-hydrogen) atoms. The molecule has 0 unspecified atom stereocenters. The third-order valence-electron chi connectivity index (χ3n) is 3.92. The van der Waals surface area contributed by atoms with Gasteiger partial charge in [0.2, 0.25) is 0 Å². The first kappa shape index (κ1) is 19.2. The maximum absolute atomic E-state index is 6.10. The highest BCUT2D eigenvalue weighted by Gasteiger charge is 2.03. The van der Waals surface area contributed by atoms with E-state index >= 15 is 0 Å². The van der Waals surface area contributed by atoms with E-state index in [1.165, 1.54) is 5.69 Å². The minimum Gasteiger partial charge on any atom is -0.372 e. The molecule has 0 bridgehead atoms. The van der Waals surface area contributed by atoms with E-state index in [0.717, 1.165) is 29.9 Å². The second-order valence-corrected chi connectivity index (χ2v) is 6.32. The van der Waals surface area contributed by atoms with Crippen LogP contribution in [0.5, 0.6) is 0 Å². The van der Waals surface area contributed by atoms with Crippen LogP contribution in [0.25, 0.3) is 0 Å². The van der Waals surface area contributed by atoms with Crippen molar-refractivity contribution in [2.75, 3.05) is 23.3 Å². The van der Waals surface area contributed by atoms with Crippen LogP contribution >= 0.6 is 23.8 Å². The average molecular weight is 375 g/mol. The highest BCUT2D eigenvalue weighted by atomic mass is 35.5. The summed E-state index contributed by atoms with van der Waals surface area (Å²) in [6.07, 6.45) is 1.74. The van der Waals surface area contributed by atoms with Crippen LogP contribution < -0.4 is 15.6 Å². The largest absolute Gasteiger partial charge is 0.372 e. The molecule has 0 aliphatic rings. The van der Waals surface area contributed by atoms with Crippen molar-refractivity contribution in [3.8, 4) is 0 Å². The zero-order chi connectivity index (χ0) is 18.2. The maximum atomic E-state index is 6.10. The Morgan fingerprint density at radius 1 is 1.16 bits per heavy atom. The molecule has 0 saturated heterocycles. The predicted molar refractivity (Wildman–Crippen MR) is 113 cm³/mol. The summed E-state index contributed by atoms with van der Waals surface area (Å²) >= 11 is 11.4. The molecule has 0 radical (unpaired) electrons. The van der Waals surface area contributed by atoms with Crippen LogP contribution in [0.15, 0.2) is 47.6 Å². The van der Waals surface area contributed by atoms with E-state index in [1.807, 2.05) is 37.3 Å². The second kappa shape index (κ2) is 9.39. The molecule has 4 nitrogen and oxygen atoms in total. The summed E-state index contributed by atoms with van der Waals surface area (Å²) in [5.74, 6) is 0. The number of halogens is 1. The molecular formula is C19H23ClN4S. The van der Waals surface area contributed by atoms with Crippen molar-refractivity contribution in [2.45, 2.75) is 20.8 Å². The van der Waals surface area contributed by atoms with Crippen LogP contribution in [0.4, 0.5) is 11.4 Å². The molecule has 2 rings (SSSR count). The number of hydrazone groups is 1. The lowest BCUT2D eigenvalue weighted by molar-refractivity contribution is 0.866. The molecule has 0 aliphatic heterocycles. The molecule has 0 aromatic heterocycles. The van der Waals surface area contributed by atoms with Gasteiger partial charge in [-0.25, -0.2) is 0 Å². The number of anilines is 2. The second-order valence-electron chi connectivity index (χ2n) is 5.50. The zero-order valence-corrected chi connectivity index (χ0v) is 16.3. The van der Waals surface area contributed by atoms with Crippen molar-refractivity contribution < 1.29 is 0 Å². The van der Waals surface area contributed by atoms with Gasteiger partial charge in [-0.05, 0) is 68.4 Å². The van der Waals surface area contributed by atoms with Gasteiger partial charge in [0.15, 0.2) is 5.11 Å². The fraction of sp³-hybridized carbons (Fsp3) is 0.263. The smallest absolute Gasteiger partial charge is 0.191 e. The number of benzene rings is 2. The molecule has 0 spiro atoms. The van der Waals surface area contributed by atoms with Crippen LogP contribution in [0.1, 0.15) is 25.0 Å². The lowest BCUT2D eigenvalue weighted by atomic mass is 10.2. The van der Waals surface area contributed by atoms with Crippen LogP contribution in [-0.2, 0) is 0 Å². The monoisotopic (exact) mass is 374 g/mol. The Bertz CT molecular complexity index is 740. The van der Waals surface area contributed by atoms with Crippen molar-refractivity contribution in [3.05, 3.63) is 58.6 Å². The van der Waals surface area contributed by atoms with Gasteiger partial charge in [0.05, 0.1) is 6.21 Å². The van der Waals surface area contributed by atoms with Gasteiger partial charge in [-0.1, -0.05) is 29.8 Å². The Morgan fingerprint density at radius 2 is 1.84 bits per heavy atom. The minimum atomic E-state index is 0.418. The molecule has 0 heterocycles. The van der Waals surface area contributed by atoms with Gasteiger partial charge in [0.1, 0.15) is 0 Å². The van der Waals surface area contributed by atoms with Crippen LogP contribution in [0.2, 0.25) is 5.02 Å². The Hall–Kier alpha value is -2.11. The number of nitrogens with one attached hydrogen (secondary N) is 2. The molecule has 132 valence electrons. The van der Waals surface area contributed by atoms with E-state index in [1.54, 1.807) is 6.21 Å². The maximum Gasteiger partial charge on any atom is 0.191 e. The van der Waals surface area contributed by atoms with Crippen molar-refractivity contribution >= 4 is 46.5 Å². The molecular weight excluding hydrogens is 352 g/mol. The lowest BCUT2D eigenvalue weighted by Gasteiger charge is -2.20. The molecule has 0 amide bonds. The van der Waals surface area contributed by atoms with E-state index in [2.05, 4.69) is 46.7 Å². The third kappa shape index (κ3) is 5.44. The van der Waals surface area contributed by atoms with Gasteiger partial charge in [0.25, 0.3) is 0 Å². The Morgan fingerprint density at radius 3 is 2.48 bits per heavy atom. The van der Waals surface area contributed by atoms with Gasteiger partial charge in [-0.15, -0.1) is 0 Å². The van der Waals surface area contributed by atoms with E-state index in [9.17, 15) is 0 Å². The Kier molecular flexibility index (Phi) is 7.22. The first-order chi connectivity index (χ1) is 12.0. The molecule has 0 aliphatic carbocycles. The van der Waals surface area contributed by atoms with Gasteiger partial charge >= 0.3 is 0 Å². The molecule has 0 saturated carbocycles. The lowest BCUT2D eigenvalue weighted by Crippen LogP contribution is -2.24. The van der Waals surface area contributed by atoms with Crippen LogP contribution in [-0.4, -0.2) is 24.4 Å². The fourth-order valence-electron chi connectivity index (χ4n) is 2.42. The summed E-state index contributed by atoms with van der Waals surface area (Å²) in [5, 5.41) is 8.39. The van der Waals surface area contributed by atoms with Crippen molar-refractivity contribution in [1.29, 1.82) is 0 Å². The quantitative estimate of drug-likeness (QED) is 0.432. The molecule has 2 N–H and O–H groups in total. The van der Waals surface area contributed by atoms with Gasteiger partial charge < -0.3 is 10.2 Å². The summed E-state index contributed by atoms with van der Waals surface area (Å²) in [7, 11) is 0. The molecule has 6 heteroatoms. The van der Waals surface area contributed by atoms with Crippen molar-refractivity contribution in [2.24, 2.45) is 5.10 Å². The summed E-state index contributed by atoms with van der Waals surface area (Å²) in [5.41, 5.74) is 6.85. The summed E-state index contributed by atoms with van der Waals surface area (Å²) < 4.78 is 0. The summed E-state index contributed by atoms with van der Waals surface area (Å²) in [6, 6.07) is 13.9. The topological polar surface area (TPSA) is 39.7 Å². The van der Waals surface area contributed by atoms with E-state index in [-0.39, 0.29) is 0 Å². The van der Waals surface area contributed by atoms with Crippen molar-refractivity contribution in [3.63, 3.8) is 0 Å². The predicted octanol–water partition coefficient (Wildman–Crippen LogP) is 4.82. The van der Waals surface area contributed by atoms with Crippen LogP contribution in [0, 0.1) is 6.92 Å². The number of rotatable bonds is 6. The first-order valence-corrected chi connectivity index (χ1v) is 9.04. The van der Waals surface area contributed by atoms with Crippen molar-refractivity contribution in [1.82, 2.24) is 5.43 Å². The zero-order valence-electron chi connectivity index (χ0n) is 14.7. The first-order valence-electron chi connectivity index (χ1n) is 8.25. The number of hydrogen-bond acceptors (Lipinski definition) is 3. The highest BCUT2D eigenvalue weighted by Crippen LogP contribution is 2.22. The van der Waals surface area contributed by atoms with E-state index < -0.39 is 0 Å². The summed E-state index contributed by atoms with van der Waals surface area (Å²) in [6.45, 7) is 8.23. The highest BCUT2D eigenvalue weighted by molar-refractivity contribution is 7.80. The number of nitrogens with zero attached hydrogens (tertiary/aromatic N) is 2. The van der Waals surface area contributed by atoms with E-state index in [0.29, 0.717) is 10.1 Å². The normalized spacial score (nSPS) is 10.7. The fourth-order valence-corrected chi connectivity index (χ4v) is 2.76. The molecule has 0 fully saturated rings. The average Bonchev–Trinajstić information content (AvgIpc) is 2.61. The van der Waals surface area contributed by atoms with Gasteiger partial charge in [0, 0.05) is 29.5 Å². The summed E-state index contributed by atoms with van der Waals surface area (Å²) in [4.78, 5) is 2.30. The minimum absolute atomic E-state index is 0.418. The Labute approximate surface area is 159 Å². The third-order valence-corrected chi connectivity index (χ3v) is 4.52.